The fourth-order valence-corrected chi connectivity index (χ4v) is 3.88. The first-order valence-electron chi connectivity index (χ1n) is 6.85. The Labute approximate surface area is 109 Å². The quantitative estimate of drug-likeness (QED) is 0.571. The van der Waals surface area contributed by atoms with Gasteiger partial charge in [-0.05, 0) is 42.6 Å². The average Bonchev–Trinajstić information content (AvgIpc) is 2.68. The Balaban J connectivity index is 2.39. The minimum Gasteiger partial charge on any atom is -0.462 e. The Morgan fingerprint density at radius 3 is 2.72 bits per heavy atom. The van der Waals surface area contributed by atoms with Crippen LogP contribution in [0.2, 0.25) is 0 Å². The molecule has 18 heavy (non-hydrogen) atoms. The lowest BCUT2D eigenvalue weighted by molar-refractivity contribution is -0.139. The Kier molecular flexibility index (Phi) is 3.35. The van der Waals surface area contributed by atoms with E-state index in [9.17, 15) is 9.59 Å². The first-order valence-corrected chi connectivity index (χ1v) is 6.85. The molecule has 2 aliphatic rings. The van der Waals surface area contributed by atoms with Crippen LogP contribution in [0.3, 0.4) is 0 Å². The van der Waals surface area contributed by atoms with Crippen LogP contribution in [-0.2, 0) is 14.3 Å². The van der Waals surface area contributed by atoms with Gasteiger partial charge in [0.2, 0.25) is 0 Å². The fourth-order valence-electron chi connectivity index (χ4n) is 3.88. The van der Waals surface area contributed by atoms with Crippen LogP contribution in [0.1, 0.15) is 47.0 Å². The van der Waals surface area contributed by atoms with Gasteiger partial charge >= 0.3 is 5.97 Å². The molecule has 2 rings (SSSR count). The maximum absolute atomic E-state index is 12.1. The first-order chi connectivity index (χ1) is 8.41. The third-order valence-electron chi connectivity index (χ3n) is 4.61. The minimum absolute atomic E-state index is 0.0173. The smallest absolute Gasteiger partial charge is 0.341 e. The highest BCUT2D eigenvalue weighted by molar-refractivity contribution is 6.20. The number of carbonyl (C=O) groups is 2. The van der Waals surface area contributed by atoms with Crippen LogP contribution in [0.5, 0.6) is 0 Å². The van der Waals surface area contributed by atoms with Gasteiger partial charge in [0.1, 0.15) is 5.57 Å². The van der Waals surface area contributed by atoms with Crippen molar-refractivity contribution in [2.24, 2.45) is 17.3 Å². The van der Waals surface area contributed by atoms with Gasteiger partial charge in [0.15, 0.2) is 5.78 Å². The van der Waals surface area contributed by atoms with Crippen LogP contribution in [0.15, 0.2) is 11.1 Å². The molecule has 0 aliphatic heterocycles. The average molecular weight is 250 g/mol. The van der Waals surface area contributed by atoms with Gasteiger partial charge in [-0.2, -0.15) is 0 Å². The van der Waals surface area contributed by atoms with Gasteiger partial charge < -0.3 is 4.74 Å². The zero-order valence-electron chi connectivity index (χ0n) is 11.7. The third-order valence-corrected chi connectivity index (χ3v) is 4.61. The number of rotatable bonds is 3. The van der Waals surface area contributed by atoms with Crippen molar-refractivity contribution in [3.63, 3.8) is 0 Å². The summed E-state index contributed by atoms with van der Waals surface area (Å²) < 4.78 is 5.03. The van der Waals surface area contributed by atoms with Crippen molar-refractivity contribution < 1.29 is 14.3 Å². The molecule has 1 fully saturated rings. The van der Waals surface area contributed by atoms with Crippen molar-refractivity contribution in [3.05, 3.63) is 11.1 Å². The number of ketones is 1. The van der Waals surface area contributed by atoms with E-state index in [1.807, 2.05) is 0 Å². The topological polar surface area (TPSA) is 43.4 Å². The second-order valence-corrected chi connectivity index (χ2v) is 5.98. The highest BCUT2D eigenvalue weighted by atomic mass is 16.5. The summed E-state index contributed by atoms with van der Waals surface area (Å²) in [6, 6.07) is 0. The molecule has 0 spiro atoms. The molecule has 0 N–H and O–H groups in total. The van der Waals surface area contributed by atoms with E-state index in [0.717, 1.165) is 18.4 Å². The van der Waals surface area contributed by atoms with Gasteiger partial charge in [0, 0.05) is 6.42 Å². The van der Waals surface area contributed by atoms with E-state index < -0.39 is 5.97 Å². The summed E-state index contributed by atoms with van der Waals surface area (Å²) in [4.78, 5) is 24.0. The number of carbonyl (C=O) groups excluding carboxylic acids is 2. The zero-order valence-corrected chi connectivity index (χ0v) is 11.7. The lowest BCUT2D eigenvalue weighted by atomic mass is 9.72. The summed E-state index contributed by atoms with van der Waals surface area (Å²) in [6.45, 7) is 8.64. The molecule has 2 atom stereocenters. The van der Waals surface area contributed by atoms with E-state index in [1.165, 1.54) is 0 Å². The molecule has 0 amide bonds. The highest BCUT2D eigenvalue weighted by Crippen LogP contribution is 2.57. The standard InChI is InChI=1S/C15H22O3/c1-5-18-14(17)13-11-7-6-10(9(2)3)15(11,4)8-12(13)16/h9-10H,5-8H2,1-4H3/t10-,15-/m1/s1. The van der Waals surface area contributed by atoms with Gasteiger partial charge in [0.25, 0.3) is 0 Å². The predicted octanol–water partition coefficient (Wildman–Crippen LogP) is 2.89. The number of hydrogen-bond donors (Lipinski definition) is 0. The van der Waals surface area contributed by atoms with Crippen LogP contribution in [-0.4, -0.2) is 18.4 Å². The normalized spacial score (nSPS) is 31.2. The van der Waals surface area contributed by atoms with E-state index in [1.54, 1.807) is 6.92 Å². The van der Waals surface area contributed by atoms with Crippen LogP contribution in [0, 0.1) is 17.3 Å². The second kappa shape index (κ2) is 4.52. The van der Waals surface area contributed by atoms with E-state index in [-0.39, 0.29) is 11.2 Å². The Morgan fingerprint density at radius 1 is 1.50 bits per heavy atom. The summed E-state index contributed by atoms with van der Waals surface area (Å²) in [7, 11) is 0. The molecule has 0 heterocycles. The summed E-state index contributed by atoms with van der Waals surface area (Å²) in [6.07, 6.45) is 2.44. The molecule has 0 unspecified atom stereocenters. The molecular formula is C15H22O3. The number of allylic oxidation sites excluding steroid dienone is 1. The van der Waals surface area contributed by atoms with E-state index in [4.69, 9.17) is 4.74 Å². The number of fused-ring (bicyclic) bond motifs is 1. The number of Topliss-reactive ketones (excluding diaryl/α,β-unsaturated/α-hetero) is 1. The summed E-state index contributed by atoms with van der Waals surface area (Å²) in [5.41, 5.74) is 1.32. The van der Waals surface area contributed by atoms with E-state index in [2.05, 4.69) is 20.8 Å². The Bertz CT molecular complexity index is 419. The highest BCUT2D eigenvalue weighted by Gasteiger charge is 2.53. The van der Waals surface area contributed by atoms with E-state index >= 15 is 0 Å². The summed E-state index contributed by atoms with van der Waals surface area (Å²) >= 11 is 0. The molecule has 100 valence electrons. The molecule has 0 aromatic heterocycles. The van der Waals surface area contributed by atoms with Crippen LogP contribution < -0.4 is 0 Å². The van der Waals surface area contributed by atoms with Crippen LogP contribution in [0.25, 0.3) is 0 Å². The number of esters is 1. The second-order valence-electron chi connectivity index (χ2n) is 5.98. The molecule has 0 bridgehead atoms. The van der Waals surface area contributed by atoms with Gasteiger partial charge in [-0.1, -0.05) is 20.8 Å². The van der Waals surface area contributed by atoms with Crippen molar-refractivity contribution >= 4 is 11.8 Å². The largest absolute Gasteiger partial charge is 0.462 e. The van der Waals surface area contributed by atoms with Crippen molar-refractivity contribution in [1.29, 1.82) is 0 Å². The molecule has 3 nitrogen and oxygen atoms in total. The molecule has 0 aromatic rings. The summed E-state index contributed by atoms with van der Waals surface area (Å²) in [5.74, 6) is 0.618. The van der Waals surface area contributed by atoms with E-state index in [0.29, 0.717) is 30.4 Å². The molecule has 3 heteroatoms. The van der Waals surface area contributed by atoms with Crippen LogP contribution in [0.4, 0.5) is 0 Å². The van der Waals surface area contributed by atoms with Gasteiger partial charge in [0.05, 0.1) is 6.61 Å². The van der Waals surface area contributed by atoms with Gasteiger partial charge in [-0.25, -0.2) is 4.79 Å². The minimum atomic E-state index is -0.411. The molecule has 2 aliphatic carbocycles. The maximum Gasteiger partial charge on any atom is 0.341 e. The van der Waals surface area contributed by atoms with Gasteiger partial charge in [-0.15, -0.1) is 0 Å². The fraction of sp³-hybridized carbons (Fsp3) is 0.733. The van der Waals surface area contributed by atoms with Crippen molar-refractivity contribution in [1.82, 2.24) is 0 Å². The molecule has 1 saturated carbocycles. The van der Waals surface area contributed by atoms with Crippen molar-refractivity contribution in [3.8, 4) is 0 Å². The molecule has 0 saturated heterocycles. The van der Waals surface area contributed by atoms with Crippen molar-refractivity contribution in [2.45, 2.75) is 47.0 Å². The zero-order chi connectivity index (χ0) is 13.5. The first kappa shape index (κ1) is 13.3. The molecule has 0 aromatic carbocycles. The lowest BCUT2D eigenvalue weighted by Gasteiger charge is -2.31. The number of ether oxygens (including phenoxy) is 1. The third kappa shape index (κ3) is 1.80. The molecule has 0 radical (unpaired) electrons. The summed E-state index contributed by atoms with van der Waals surface area (Å²) in [5, 5.41) is 0. The Hall–Kier alpha value is -1.12. The van der Waals surface area contributed by atoms with Crippen molar-refractivity contribution in [2.75, 3.05) is 6.61 Å². The maximum atomic E-state index is 12.1. The SMILES string of the molecule is CCOC(=O)C1=C2CC[C@H](C(C)C)[C@@]2(C)CC1=O. The molecular weight excluding hydrogens is 228 g/mol. The van der Waals surface area contributed by atoms with Crippen LogP contribution >= 0.6 is 0 Å². The predicted molar refractivity (Wildman–Crippen MR) is 69.0 cm³/mol. The monoisotopic (exact) mass is 250 g/mol. The number of hydrogen-bond acceptors (Lipinski definition) is 3. The Morgan fingerprint density at radius 2 is 2.17 bits per heavy atom. The van der Waals surface area contributed by atoms with Gasteiger partial charge in [-0.3, -0.25) is 4.79 Å². The lowest BCUT2D eigenvalue weighted by Crippen LogP contribution is -2.26.